The minimum atomic E-state index is -4.67. The minimum Gasteiger partial charge on any atom is -0.298 e. The van der Waals surface area contributed by atoms with E-state index in [4.69, 9.17) is 0 Å². The average molecular weight is 607 g/mol. The van der Waals surface area contributed by atoms with Crippen molar-refractivity contribution in [1.29, 1.82) is 0 Å². The van der Waals surface area contributed by atoms with Gasteiger partial charge in [-0.25, -0.2) is 0 Å². The molecule has 0 radical (unpaired) electrons. The fraction of sp³-hybridized carbons (Fsp3) is 0.242. The Bertz CT molecular complexity index is 1590. The van der Waals surface area contributed by atoms with Crippen molar-refractivity contribution >= 4 is 5.78 Å². The number of Topliss-reactive ketones (excluding diaryl/α,β-unsaturated/α-hetero) is 1. The Morgan fingerprint density at radius 3 is 1.42 bits per heavy atom. The Morgan fingerprint density at radius 2 is 0.953 bits per heavy atom. The minimum absolute atomic E-state index is 0.132. The molecule has 0 saturated carbocycles. The predicted octanol–water partition coefficient (Wildman–Crippen LogP) is 9.38. The van der Waals surface area contributed by atoms with E-state index in [1.807, 2.05) is 0 Å². The first-order chi connectivity index (χ1) is 20.1. The van der Waals surface area contributed by atoms with Crippen molar-refractivity contribution in [2.24, 2.45) is 0 Å². The van der Waals surface area contributed by atoms with Crippen LogP contribution in [0.3, 0.4) is 0 Å². The lowest BCUT2D eigenvalue weighted by Gasteiger charge is -2.31. The Morgan fingerprint density at radius 1 is 0.535 bits per heavy atom. The number of hydrogen-bond donors (Lipinski definition) is 0. The lowest BCUT2D eigenvalue weighted by atomic mass is 9.70. The smallest absolute Gasteiger partial charge is 0.298 e. The molecule has 0 spiro atoms. The highest BCUT2D eigenvalue weighted by Gasteiger charge is 2.51. The van der Waals surface area contributed by atoms with E-state index < -0.39 is 52.3 Å². The number of ketones is 1. The molecule has 1 aliphatic carbocycles. The van der Waals surface area contributed by atoms with E-state index in [-0.39, 0.29) is 36.0 Å². The molecule has 10 heteroatoms. The first-order valence-electron chi connectivity index (χ1n) is 13.2. The van der Waals surface area contributed by atoms with Crippen molar-refractivity contribution in [2.75, 3.05) is 0 Å². The van der Waals surface area contributed by atoms with Crippen LogP contribution in [0.4, 0.5) is 39.5 Å². The number of carbonyl (C=O) groups excluding carboxylic acids is 1. The molecular formula is C33H23F9O. The second-order valence-corrected chi connectivity index (χ2v) is 10.7. The van der Waals surface area contributed by atoms with Gasteiger partial charge in [-0.15, -0.1) is 0 Å². The zero-order chi connectivity index (χ0) is 31.2. The van der Waals surface area contributed by atoms with Gasteiger partial charge in [-0.2, -0.15) is 39.5 Å². The van der Waals surface area contributed by atoms with Gasteiger partial charge in [0.05, 0.1) is 22.1 Å². The van der Waals surface area contributed by atoms with Crippen molar-refractivity contribution < 1.29 is 44.3 Å². The van der Waals surface area contributed by atoms with Crippen LogP contribution in [0.2, 0.25) is 0 Å². The third kappa shape index (κ3) is 6.19. The van der Waals surface area contributed by atoms with E-state index in [0.29, 0.717) is 11.1 Å². The lowest BCUT2D eigenvalue weighted by Crippen LogP contribution is -2.38. The topological polar surface area (TPSA) is 17.1 Å². The quantitative estimate of drug-likeness (QED) is 0.200. The summed E-state index contributed by atoms with van der Waals surface area (Å²) >= 11 is 0. The number of halogens is 9. The summed E-state index contributed by atoms with van der Waals surface area (Å²) in [5.41, 5.74) is -2.97. The van der Waals surface area contributed by atoms with E-state index in [0.717, 1.165) is 36.4 Å². The molecule has 224 valence electrons. The van der Waals surface area contributed by atoms with E-state index in [2.05, 4.69) is 0 Å². The molecular weight excluding hydrogens is 583 g/mol. The standard InChI is InChI=1S/C33H23F9O/c34-31(35,36)23-9-3-6-20(14-23)17-27-26-12-1-2-13-28(26)30(29(27)43,18-21-7-4-10-24(15-21)32(37,38)39)19-22-8-5-11-25(16-22)33(40,41)42/h1-16,27H,17-19H2. The van der Waals surface area contributed by atoms with Gasteiger partial charge in [-0.05, 0) is 65.3 Å². The second-order valence-electron chi connectivity index (χ2n) is 10.7. The highest BCUT2D eigenvalue weighted by molar-refractivity contribution is 6.01. The summed E-state index contributed by atoms with van der Waals surface area (Å²) < 4.78 is 122. The van der Waals surface area contributed by atoms with Gasteiger partial charge in [0.2, 0.25) is 0 Å². The fourth-order valence-corrected chi connectivity index (χ4v) is 6.00. The summed E-state index contributed by atoms with van der Waals surface area (Å²) in [4.78, 5) is 14.5. The Balaban J connectivity index is 1.64. The molecule has 1 nitrogen and oxygen atoms in total. The summed E-state index contributed by atoms with van der Waals surface area (Å²) in [6.45, 7) is 0. The number of benzene rings is 4. The van der Waals surface area contributed by atoms with E-state index >= 15 is 0 Å². The van der Waals surface area contributed by atoms with Gasteiger partial charge in [-0.3, -0.25) is 4.79 Å². The third-order valence-corrected chi connectivity index (χ3v) is 7.85. The number of hydrogen-bond acceptors (Lipinski definition) is 1. The second kappa shape index (κ2) is 10.9. The summed E-state index contributed by atoms with van der Waals surface area (Å²) in [6, 6.07) is 19.8. The van der Waals surface area contributed by atoms with Crippen molar-refractivity contribution in [3.8, 4) is 0 Å². The van der Waals surface area contributed by atoms with E-state index in [1.54, 1.807) is 24.3 Å². The molecule has 5 rings (SSSR count). The first kappa shape index (κ1) is 30.4. The number of fused-ring (bicyclic) bond motifs is 1. The molecule has 1 atom stereocenters. The van der Waals surface area contributed by atoms with Crippen LogP contribution in [0.5, 0.6) is 0 Å². The molecule has 0 amide bonds. The van der Waals surface area contributed by atoms with E-state index in [9.17, 15) is 44.3 Å². The predicted molar refractivity (Wildman–Crippen MR) is 141 cm³/mol. The maximum atomic E-state index is 14.5. The molecule has 4 aromatic rings. The van der Waals surface area contributed by atoms with Crippen LogP contribution < -0.4 is 0 Å². The van der Waals surface area contributed by atoms with Crippen LogP contribution in [-0.4, -0.2) is 5.78 Å². The lowest BCUT2D eigenvalue weighted by molar-refractivity contribution is -0.138. The summed E-state index contributed by atoms with van der Waals surface area (Å²) in [5.74, 6) is -1.46. The molecule has 4 aromatic carbocycles. The normalized spacial score (nSPS) is 16.8. The Labute approximate surface area is 241 Å². The third-order valence-electron chi connectivity index (χ3n) is 7.85. The summed E-state index contributed by atoms with van der Waals surface area (Å²) in [6.07, 6.45) is -14.6. The number of alkyl halides is 9. The number of carbonyl (C=O) groups is 1. The summed E-state index contributed by atoms with van der Waals surface area (Å²) in [5, 5.41) is 0. The average Bonchev–Trinajstić information content (AvgIpc) is 3.15. The first-order valence-corrected chi connectivity index (χ1v) is 13.2. The van der Waals surface area contributed by atoms with Gasteiger partial charge in [-0.1, -0.05) is 78.9 Å². The van der Waals surface area contributed by atoms with Gasteiger partial charge < -0.3 is 0 Å². The molecule has 0 aromatic heterocycles. The van der Waals surface area contributed by atoms with Crippen LogP contribution in [-0.2, 0) is 48.0 Å². The molecule has 0 heterocycles. The van der Waals surface area contributed by atoms with Gasteiger partial charge in [0, 0.05) is 5.92 Å². The van der Waals surface area contributed by atoms with Crippen LogP contribution in [0.25, 0.3) is 0 Å². The largest absolute Gasteiger partial charge is 0.416 e. The molecule has 0 bridgehead atoms. The van der Waals surface area contributed by atoms with Gasteiger partial charge in [0.15, 0.2) is 5.78 Å². The van der Waals surface area contributed by atoms with Gasteiger partial charge in [0.1, 0.15) is 0 Å². The Kier molecular flexibility index (Phi) is 7.69. The fourth-order valence-electron chi connectivity index (χ4n) is 6.00. The molecule has 0 fully saturated rings. The molecule has 1 aliphatic rings. The molecule has 43 heavy (non-hydrogen) atoms. The Hall–Kier alpha value is -4.08. The van der Waals surface area contributed by atoms with Crippen molar-refractivity contribution in [2.45, 2.75) is 49.1 Å². The highest BCUT2D eigenvalue weighted by atomic mass is 19.4. The van der Waals surface area contributed by atoms with Crippen molar-refractivity contribution in [3.05, 3.63) is 142 Å². The van der Waals surface area contributed by atoms with Gasteiger partial charge in [0.25, 0.3) is 0 Å². The SMILES string of the molecule is O=C1C(Cc2cccc(C(F)(F)F)c2)c2ccccc2C1(Cc1cccc(C(F)(F)F)c1)Cc1cccc(C(F)(F)F)c1. The monoisotopic (exact) mass is 606 g/mol. The van der Waals surface area contributed by atoms with Crippen LogP contribution >= 0.6 is 0 Å². The maximum Gasteiger partial charge on any atom is 0.416 e. The molecule has 0 aliphatic heterocycles. The van der Waals surface area contributed by atoms with Crippen LogP contribution in [0.15, 0.2) is 97.1 Å². The zero-order valence-corrected chi connectivity index (χ0v) is 22.2. The van der Waals surface area contributed by atoms with Gasteiger partial charge >= 0.3 is 18.5 Å². The molecule has 0 saturated heterocycles. The molecule has 0 N–H and O–H groups in total. The van der Waals surface area contributed by atoms with Crippen LogP contribution in [0, 0.1) is 0 Å². The molecule has 1 unspecified atom stereocenters. The number of rotatable bonds is 6. The zero-order valence-electron chi connectivity index (χ0n) is 22.2. The van der Waals surface area contributed by atoms with Crippen LogP contribution in [0.1, 0.15) is 50.4 Å². The van der Waals surface area contributed by atoms with E-state index in [1.165, 1.54) is 36.4 Å². The maximum absolute atomic E-state index is 14.5. The summed E-state index contributed by atoms with van der Waals surface area (Å²) in [7, 11) is 0. The van der Waals surface area contributed by atoms with Crippen molar-refractivity contribution in [3.63, 3.8) is 0 Å². The highest BCUT2D eigenvalue weighted by Crippen LogP contribution is 2.49. The van der Waals surface area contributed by atoms with Crippen molar-refractivity contribution in [1.82, 2.24) is 0 Å².